The van der Waals surface area contributed by atoms with E-state index in [2.05, 4.69) is 59.3 Å². The summed E-state index contributed by atoms with van der Waals surface area (Å²) >= 11 is 0. The molecule has 2 amide bonds. The van der Waals surface area contributed by atoms with E-state index in [1.807, 2.05) is 25.2 Å². The topological polar surface area (TPSA) is 70.2 Å². The molecule has 1 atom stereocenters. The van der Waals surface area contributed by atoms with Crippen LogP contribution in [0.4, 0.5) is 0 Å². The molecular weight excluding hydrogens is 386 g/mol. The first-order valence-electron chi connectivity index (χ1n) is 11.5. The van der Waals surface area contributed by atoms with Crippen LogP contribution >= 0.6 is 0 Å². The number of hydrogen-bond donors (Lipinski definition) is 3. The zero-order chi connectivity index (χ0) is 22.3. The van der Waals surface area contributed by atoms with Crippen molar-refractivity contribution in [3.63, 3.8) is 0 Å². The third-order valence-corrected chi connectivity index (χ3v) is 5.40. The van der Waals surface area contributed by atoms with E-state index in [0.29, 0.717) is 19.4 Å². The maximum atomic E-state index is 12.5. The van der Waals surface area contributed by atoms with Gasteiger partial charge in [0.05, 0.1) is 6.04 Å². The minimum absolute atomic E-state index is 0.00125. The number of carbonyl (C=O) groups is 2. The number of rotatable bonds is 14. The largest absolute Gasteiger partial charge is 0.356 e. The molecule has 0 bridgehead atoms. The van der Waals surface area contributed by atoms with Crippen LogP contribution in [0.1, 0.15) is 51.0 Å². The fourth-order valence-corrected chi connectivity index (χ4v) is 3.46. The van der Waals surface area contributed by atoms with Crippen molar-refractivity contribution in [1.82, 2.24) is 16.0 Å². The Hall–Kier alpha value is -2.66. The molecule has 0 spiro atoms. The summed E-state index contributed by atoms with van der Waals surface area (Å²) in [7, 11) is 1.81. The van der Waals surface area contributed by atoms with E-state index in [1.165, 1.54) is 11.1 Å². The first kappa shape index (κ1) is 24.6. The lowest BCUT2D eigenvalue weighted by Gasteiger charge is -2.16. The Bertz CT molecular complexity index is 775. The Labute approximate surface area is 187 Å². The van der Waals surface area contributed by atoms with Crippen molar-refractivity contribution in [2.45, 2.75) is 57.9 Å². The fourth-order valence-electron chi connectivity index (χ4n) is 3.46. The SMILES string of the molecule is CCCCCNC(=O)CCCCNC(=O)C(Cc1ccc(-c2ccccc2)cc1)NC. The number of nitrogens with one attached hydrogen (secondary N) is 3. The molecule has 2 rings (SSSR count). The summed E-state index contributed by atoms with van der Waals surface area (Å²) in [5, 5.41) is 9.05. The summed E-state index contributed by atoms with van der Waals surface area (Å²) in [6.45, 7) is 3.50. The maximum absolute atomic E-state index is 12.5. The van der Waals surface area contributed by atoms with Gasteiger partial charge in [-0.15, -0.1) is 0 Å². The summed E-state index contributed by atoms with van der Waals surface area (Å²) in [4.78, 5) is 24.3. The smallest absolute Gasteiger partial charge is 0.237 e. The van der Waals surface area contributed by atoms with Crippen molar-refractivity contribution in [3.8, 4) is 11.1 Å². The van der Waals surface area contributed by atoms with Gasteiger partial charge in [-0.25, -0.2) is 0 Å². The monoisotopic (exact) mass is 423 g/mol. The highest BCUT2D eigenvalue weighted by Crippen LogP contribution is 2.19. The lowest BCUT2D eigenvalue weighted by molar-refractivity contribution is -0.123. The molecule has 2 aromatic rings. The van der Waals surface area contributed by atoms with E-state index in [0.717, 1.165) is 44.2 Å². The van der Waals surface area contributed by atoms with Crippen molar-refractivity contribution in [2.75, 3.05) is 20.1 Å². The number of amides is 2. The van der Waals surface area contributed by atoms with Crippen LogP contribution in [-0.2, 0) is 16.0 Å². The van der Waals surface area contributed by atoms with Crippen molar-refractivity contribution in [1.29, 1.82) is 0 Å². The number of likely N-dealkylation sites (N-methyl/N-ethyl adjacent to an activating group) is 1. The first-order chi connectivity index (χ1) is 15.1. The third kappa shape index (κ3) is 9.35. The Morgan fingerprint density at radius 3 is 2.13 bits per heavy atom. The zero-order valence-corrected chi connectivity index (χ0v) is 19.0. The normalized spacial score (nSPS) is 11.7. The molecule has 31 heavy (non-hydrogen) atoms. The Kier molecular flexibility index (Phi) is 11.4. The van der Waals surface area contributed by atoms with Gasteiger partial charge in [0.1, 0.15) is 0 Å². The molecule has 3 N–H and O–H groups in total. The lowest BCUT2D eigenvalue weighted by atomic mass is 10.0. The number of benzene rings is 2. The molecule has 5 nitrogen and oxygen atoms in total. The second kappa shape index (κ2) is 14.4. The molecule has 0 fully saturated rings. The van der Waals surface area contributed by atoms with E-state index < -0.39 is 0 Å². The average Bonchev–Trinajstić information content (AvgIpc) is 2.81. The summed E-state index contributed by atoms with van der Waals surface area (Å²) in [5.74, 6) is 0.105. The van der Waals surface area contributed by atoms with Crippen LogP contribution in [0.15, 0.2) is 54.6 Å². The highest BCUT2D eigenvalue weighted by atomic mass is 16.2. The molecule has 0 saturated heterocycles. The molecule has 0 aliphatic rings. The van der Waals surface area contributed by atoms with E-state index in [-0.39, 0.29) is 17.9 Å². The predicted molar refractivity (Wildman–Crippen MR) is 128 cm³/mol. The quantitative estimate of drug-likeness (QED) is 0.401. The van der Waals surface area contributed by atoms with Crippen LogP contribution in [0.2, 0.25) is 0 Å². The molecule has 5 heteroatoms. The molecule has 1 unspecified atom stereocenters. The molecule has 168 valence electrons. The first-order valence-corrected chi connectivity index (χ1v) is 11.5. The Morgan fingerprint density at radius 2 is 1.45 bits per heavy atom. The second-order valence-electron chi connectivity index (χ2n) is 7.91. The molecule has 0 heterocycles. The summed E-state index contributed by atoms with van der Waals surface area (Å²) in [6, 6.07) is 18.4. The van der Waals surface area contributed by atoms with Crippen molar-refractivity contribution >= 4 is 11.8 Å². The lowest BCUT2D eigenvalue weighted by Crippen LogP contribution is -2.44. The molecule has 2 aromatic carbocycles. The van der Waals surface area contributed by atoms with Gasteiger partial charge in [-0.1, -0.05) is 74.4 Å². The zero-order valence-electron chi connectivity index (χ0n) is 19.0. The highest BCUT2D eigenvalue weighted by molar-refractivity contribution is 5.82. The fraction of sp³-hybridized carbons (Fsp3) is 0.462. The van der Waals surface area contributed by atoms with Crippen LogP contribution in [0, 0.1) is 0 Å². The van der Waals surface area contributed by atoms with Gasteiger partial charge in [-0.3, -0.25) is 9.59 Å². The number of hydrogen-bond acceptors (Lipinski definition) is 3. The maximum Gasteiger partial charge on any atom is 0.237 e. The van der Waals surface area contributed by atoms with Crippen molar-refractivity contribution in [2.24, 2.45) is 0 Å². The molecule has 0 radical (unpaired) electrons. The van der Waals surface area contributed by atoms with E-state index in [9.17, 15) is 9.59 Å². The van der Waals surface area contributed by atoms with Gasteiger partial charge < -0.3 is 16.0 Å². The van der Waals surface area contributed by atoms with Crippen molar-refractivity contribution in [3.05, 3.63) is 60.2 Å². The minimum Gasteiger partial charge on any atom is -0.356 e. The molecule has 0 saturated carbocycles. The highest BCUT2D eigenvalue weighted by Gasteiger charge is 2.16. The Balaban J connectivity index is 1.68. The average molecular weight is 424 g/mol. The Morgan fingerprint density at radius 1 is 0.806 bits per heavy atom. The second-order valence-corrected chi connectivity index (χ2v) is 7.91. The van der Waals surface area contributed by atoms with Gasteiger partial charge in [0.2, 0.25) is 11.8 Å². The number of carbonyl (C=O) groups excluding carboxylic acids is 2. The van der Waals surface area contributed by atoms with Crippen LogP contribution in [0.25, 0.3) is 11.1 Å². The van der Waals surface area contributed by atoms with Gasteiger partial charge in [0.15, 0.2) is 0 Å². The van der Waals surface area contributed by atoms with E-state index in [1.54, 1.807) is 0 Å². The molecular formula is C26H37N3O2. The summed E-state index contributed by atoms with van der Waals surface area (Å²) in [6.07, 6.45) is 6.08. The van der Waals surface area contributed by atoms with E-state index >= 15 is 0 Å². The molecule has 0 aliphatic heterocycles. The third-order valence-electron chi connectivity index (χ3n) is 5.40. The summed E-state index contributed by atoms with van der Waals surface area (Å²) < 4.78 is 0. The number of unbranched alkanes of at least 4 members (excludes halogenated alkanes) is 3. The van der Waals surface area contributed by atoms with Gasteiger partial charge in [0.25, 0.3) is 0 Å². The molecule has 0 aliphatic carbocycles. The molecule has 0 aromatic heterocycles. The van der Waals surface area contributed by atoms with Crippen LogP contribution in [0.3, 0.4) is 0 Å². The minimum atomic E-state index is -0.274. The van der Waals surface area contributed by atoms with Gasteiger partial charge in [0, 0.05) is 19.5 Å². The van der Waals surface area contributed by atoms with Crippen LogP contribution in [-0.4, -0.2) is 38.0 Å². The van der Waals surface area contributed by atoms with E-state index in [4.69, 9.17) is 0 Å². The van der Waals surface area contributed by atoms with Crippen LogP contribution in [0.5, 0.6) is 0 Å². The standard InChI is InChI=1S/C26H37N3O2/c1-3-4-9-18-28-25(30)13-8-10-19-29-26(31)24(27-2)20-21-14-16-23(17-15-21)22-11-6-5-7-12-22/h5-7,11-12,14-17,24,27H,3-4,8-10,13,18-20H2,1-2H3,(H,28,30)(H,29,31). The predicted octanol–water partition coefficient (Wildman–Crippen LogP) is 4.08. The van der Waals surface area contributed by atoms with Gasteiger partial charge in [-0.2, -0.15) is 0 Å². The van der Waals surface area contributed by atoms with Gasteiger partial charge >= 0.3 is 0 Å². The summed E-state index contributed by atoms with van der Waals surface area (Å²) in [5.41, 5.74) is 3.48. The van der Waals surface area contributed by atoms with Gasteiger partial charge in [-0.05, 0) is 49.4 Å². The van der Waals surface area contributed by atoms with Crippen LogP contribution < -0.4 is 16.0 Å². The van der Waals surface area contributed by atoms with Crippen molar-refractivity contribution < 1.29 is 9.59 Å².